The maximum absolute atomic E-state index is 11.8. The highest BCUT2D eigenvalue weighted by atomic mass is 35.5. The quantitative estimate of drug-likeness (QED) is 0.897. The number of nitrogens with one attached hydrogen (secondary N) is 1. The average Bonchev–Trinajstić information content (AvgIpc) is 2.45. The van der Waals surface area contributed by atoms with Crippen LogP contribution in [-0.2, 0) is 17.6 Å². The molecule has 0 fully saturated rings. The van der Waals surface area contributed by atoms with Gasteiger partial charge in [-0.05, 0) is 55.7 Å². The summed E-state index contributed by atoms with van der Waals surface area (Å²) in [5, 5.41) is 2.99. The van der Waals surface area contributed by atoms with Gasteiger partial charge in [0.2, 0.25) is 5.91 Å². The fourth-order valence-corrected chi connectivity index (χ4v) is 2.61. The summed E-state index contributed by atoms with van der Waals surface area (Å²) in [6.07, 6.45) is 5.60. The molecule has 1 aromatic carbocycles. The van der Waals surface area contributed by atoms with Crippen LogP contribution < -0.4 is 11.1 Å². The van der Waals surface area contributed by atoms with E-state index in [4.69, 9.17) is 5.73 Å². The van der Waals surface area contributed by atoms with Gasteiger partial charge >= 0.3 is 0 Å². The van der Waals surface area contributed by atoms with E-state index in [0.717, 1.165) is 6.42 Å². The number of benzene rings is 1. The molecule has 0 heterocycles. The highest BCUT2D eigenvalue weighted by Crippen LogP contribution is 2.24. The molecule has 1 aliphatic carbocycles. The van der Waals surface area contributed by atoms with Crippen LogP contribution in [0, 0.1) is 0 Å². The first-order chi connectivity index (χ1) is 9.11. The molecule has 1 aromatic rings. The molecule has 0 bridgehead atoms. The number of nitrogens with two attached hydrogens (primary N) is 1. The Balaban J connectivity index is 0.00000200. The van der Waals surface area contributed by atoms with Crippen LogP contribution in [0.2, 0.25) is 0 Å². The third-order valence-corrected chi connectivity index (χ3v) is 4.01. The van der Waals surface area contributed by atoms with E-state index < -0.39 is 6.04 Å². The van der Waals surface area contributed by atoms with E-state index in [9.17, 15) is 4.79 Å². The number of aryl methyl sites for hydroxylation is 2. The molecular weight excluding hydrogens is 272 g/mol. The molecule has 0 spiro atoms. The lowest BCUT2D eigenvalue weighted by Gasteiger charge is -2.21. The summed E-state index contributed by atoms with van der Waals surface area (Å²) in [4.78, 5) is 11.8. The number of fused-ring (bicyclic) bond motifs is 1. The van der Waals surface area contributed by atoms with Crippen LogP contribution in [0.1, 0.15) is 55.8 Å². The van der Waals surface area contributed by atoms with E-state index >= 15 is 0 Å². The minimum Gasteiger partial charge on any atom is -0.348 e. The maximum atomic E-state index is 11.8. The van der Waals surface area contributed by atoms with Crippen LogP contribution in [0.25, 0.3) is 0 Å². The molecule has 1 aliphatic rings. The van der Waals surface area contributed by atoms with Crippen molar-refractivity contribution in [3.05, 3.63) is 34.9 Å². The monoisotopic (exact) mass is 296 g/mol. The van der Waals surface area contributed by atoms with Gasteiger partial charge in [-0.15, -0.1) is 12.4 Å². The van der Waals surface area contributed by atoms with Crippen molar-refractivity contribution in [1.82, 2.24) is 5.32 Å². The second-order valence-electron chi connectivity index (χ2n) is 5.48. The minimum absolute atomic E-state index is 0. The second-order valence-corrected chi connectivity index (χ2v) is 5.48. The highest BCUT2D eigenvalue weighted by Gasteiger charge is 2.16. The van der Waals surface area contributed by atoms with E-state index in [1.54, 1.807) is 0 Å². The van der Waals surface area contributed by atoms with Gasteiger partial charge in [0.1, 0.15) is 0 Å². The third-order valence-electron chi connectivity index (χ3n) is 4.01. The number of halogens is 1. The molecule has 3 N–H and O–H groups in total. The number of rotatable bonds is 4. The Bertz CT molecular complexity index is 462. The second kappa shape index (κ2) is 7.65. The summed E-state index contributed by atoms with van der Waals surface area (Å²) in [5.74, 6) is -0.0623. The predicted molar refractivity (Wildman–Crippen MR) is 85.2 cm³/mol. The summed E-state index contributed by atoms with van der Waals surface area (Å²) in [5.41, 5.74) is 9.84. The summed E-state index contributed by atoms with van der Waals surface area (Å²) in [6.45, 7) is 3.94. The van der Waals surface area contributed by atoms with Crippen LogP contribution >= 0.6 is 12.4 Å². The summed E-state index contributed by atoms with van der Waals surface area (Å²) in [6, 6.07) is 6.22. The Labute approximate surface area is 127 Å². The fourth-order valence-electron chi connectivity index (χ4n) is 2.61. The largest absolute Gasteiger partial charge is 0.348 e. The molecule has 2 atom stereocenters. The van der Waals surface area contributed by atoms with Gasteiger partial charge in [-0.1, -0.05) is 25.1 Å². The van der Waals surface area contributed by atoms with Gasteiger partial charge in [-0.3, -0.25) is 4.79 Å². The zero-order valence-corrected chi connectivity index (χ0v) is 13.1. The highest BCUT2D eigenvalue weighted by molar-refractivity contribution is 5.85. The van der Waals surface area contributed by atoms with Crippen LogP contribution in [0.5, 0.6) is 0 Å². The Morgan fingerprint density at radius 2 is 1.95 bits per heavy atom. The first-order valence-electron chi connectivity index (χ1n) is 7.29. The normalized spacial score (nSPS) is 16.6. The SMILES string of the molecule is CC[C@H](N)C(=O)NC(C)c1ccc2c(c1)CCCC2.Cl. The molecule has 1 unspecified atom stereocenters. The van der Waals surface area contributed by atoms with E-state index in [1.165, 1.54) is 36.0 Å². The van der Waals surface area contributed by atoms with Gasteiger partial charge < -0.3 is 11.1 Å². The zero-order valence-electron chi connectivity index (χ0n) is 12.3. The van der Waals surface area contributed by atoms with Crippen molar-refractivity contribution in [2.45, 2.75) is 58.0 Å². The summed E-state index contributed by atoms with van der Waals surface area (Å²) in [7, 11) is 0. The Kier molecular flexibility index (Phi) is 6.50. The van der Waals surface area contributed by atoms with Crippen molar-refractivity contribution in [2.75, 3.05) is 0 Å². The van der Waals surface area contributed by atoms with Crippen molar-refractivity contribution in [3.63, 3.8) is 0 Å². The van der Waals surface area contributed by atoms with Crippen molar-refractivity contribution in [3.8, 4) is 0 Å². The first kappa shape index (κ1) is 17.0. The van der Waals surface area contributed by atoms with E-state index in [1.807, 2.05) is 13.8 Å². The molecule has 1 amide bonds. The first-order valence-corrected chi connectivity index (χ1v) is 7.29. The predicted octanol–water partition coefficient (Wildman–Crippen LogP) is 2.90. The van der Waals surface area contributed by atoms with Gasteiger partial charge in [-0.25, -0.2) is 0 Å². The lowest BCUT2D eigenvalue weighted by molar-refractivity contribution is -0.123. The maximum Gasteiger partial charge on any atom is 0.237 e. The number of hydrogen-bond acceptors (Lipinski definition) is 2. The molecule has 0 saturated carbocycles. The van der Waals surface area contributed by atoms with Crippen LogP contribution in [-0.4, -0.2) is 11.9 Å². The van der Waals surface area contributed by atoms with Gasteiger partial charge in [0.05, 0.1) is 12.1 Å². The van der Waals surface area contributed by atoms with Gasteiger partial charge in [-0.2, -0.15) is 0 Å². The molecule has 4 heteroatoms. The van der Waals surface area contributed by atoms with Crippen molar-refractivity contribution < 1.29 is 4.79 Å². The van der Waals surface area contributed by atoms with Crippen molar-refractivity contribution >= 4 is 18.3 Å². The Morgan fingerprint density at radius 3 is 2.60 bits per heavy atom. The van der Waals surface area contributed by atoms with Gasteiger partial charge in [0, 0.05) is 0 Å². The minimum atomic E-state index is -0.403. The molecule has 0 aliphatic heterocycles. The molecule has 0 aromatic heterocycles. The van der Waals surface area contributed by atoms with Crippen LogP contribution in [0.15, 0.2) is 18.2 Å². The van der Waals surface area contributed by atoms with E-state index in [-0.39, 0.29) is 24.4 Å². The third kappa shape index (κ3) is 3.97. The lowest BCUT2D eigenvalue weighted by atomic mass is 9.89. The molecule has 2 rings (SSSR count). The van der Waals surface area contributed by atoms with E-state index in [0.29, 0.717) is 6.42 Å². The fraction of sp³-hybridized carbons (Fsp3) is 0.562. The summed E-state index contributed by atoms with van der Waals surface area (Å²) >= 11 is 0. The molecule has 0 radical (unpaired) electrons. The number of amides is 1. The number of carbonyl (C=O) groups is 1. The smallest absolute Gasteiger partial charge is 0.237 e. The molecule has 112 valence electrons. The standard InChI is InChI=1S/C16H24N2O.ClH/c1-3-15(17)16(19)18-11(2)13-9-8-12-6-4-5-7-14(12)10-13;/h8-11,15H,3-7,17H2,1-2H3,(H,18,19);1H/t11?,15-;/m0./s1. The van der Waals surface area contributed by atoms with Crippen LogP contribution in [0.4, 0.5) is 0 Å². The van der Waals surface area contributed by atoms with Crippen molar-refractivity contribution in [1.29, 1.82) is 0 Å². The Morgan fingerprint density at radius 1 is 1.30 bits per heavy atom. The van der Waals surface area contributed by atoms with Gasteiger partial charge in [0.15, 0.2) is 0 Å². The Hall–Kier alpha value is -1.06. The van der Waals surface area contributed by atoms with E-state index in [2.05, 4.69) is 23.5 Å². The van der Waals surface area contributed by atoms with Gasteiger partial charge in [0.25, 0.3) is 0 Å². The number of carbonyl (C=O) groups excluding carboxylic acids is 1. The van der Waals surface area contributed by atoms with Crippen molar-refractivity contribution in [2.24, 2.45) is 5.73 Å². The lowest BCUT2D eigenvalue weighted by Crippen LogP contribution is -2.41. The molecule has 0 saturated heterocycles. The number of hydrogen-bond donors (Lipinski definition) is 2. The molecular formula is C16H25ClN2O. The zero-order chi connectivity index (χ0) is 13.8. The molecule has 3 nitrogen and oxygen atoms in total. The summed E-state index contributed by atoms with van der Waals surface area (Å²) < 4.78 is 0. The van der Waals surface area contributed by atoms with Crippen LogP contribution in [0.3, 0.4) is 0 Å². The average molecular weight is 297 g/mol. The topological polar surface area (TPSA) is 55.1 Å². The molecule has 20 heavy (non-hydrogen) atoms.